The number of hydrogen-bond donors (Lipinski definition) is 3. The quantitative estimate of drug-likeness (QED) is 0.310. The Bertz CT molecular complexity index is 1460. The van der Waals surface area contributed by atoms with E-state index >= 15 is 0 Å². The molecule has 2 unspecified atom stereocenters. The zero-order valence-electron chi connectivity index (χ0n) is 21.7. The van der Waals surface area contributed by atoms with E-state index in [1.54, 1.807) is 41.3 Å². The molecule has 210 valence electrons. The molecule has 4 rings (SSSR count). The third-order valence-electron chi connectivity index (χ3n) is 7.12. The van der Waals surface area contributed by atoms with Gasteiger partial charge in [0.1, 0.15) is 0 Å². The summed E-state index contributed by atoms with van der Waals surface area (Å²) in [5.74, 6) is -4.72. The van der Waals surface area contributed by atoms with E-state index in [2.05, 4.69) is 5.32 Å². The standard InChI is InChI=1S/C28H27Cl2N3O6S/c1-32(2)16-11-12-33(14-16)20(34)13-19-22(27(35)36)23(21-17(29)9-6-10-18(21)30)24(28(37)38)25(31-19)26(40-39)15-7-4-3-5-8-15/h3-10,16,23,31H,11-14H2,1-2H3,(H,35,36)(H,37,38). The second-order valence-corrected chi connectivity index (χ2v) is 11.1. The van der Waals surface area contributed by atoms with Crippen LogP contribution in [0, 0.1) is 0 Å². The van der Waals surface area contributed by atoms with Gasteiger partial charge in [-0.2, -0.15) is 0 Å². The molecule has 2 aromatic carbocycles. The molecule has 2 aliphatic rings. The molecule has 2 atom stereocenters. The van der Waals surface area contributed by atoms with E-state index < -0.39 is 23.4 Å². The fourth-order valence-electron chi connectivity index (χ4n) is 5.10. The summed E-state index contributed by atoms with van der Waals surface area (Å²) in [6.07, 6.45) is 0.407. The van der Waals surface area contributed by atoms with E-state index in [4.69, 9.17) is 23.2 Å². The lowest BCUT2D eigenvalue weighted by molar-refractivity contribution is -0.133. The molecule has 40 heavy (non-hydrogen) atoms. The Kier molecular flexibility index (Phi) is 9.15. The second kappa shape index (κ2) is 12.4. The Morgan fingerprint density at radius 2 is 1.62 bits per heavy atom. The number of amides is 1. The van der Waals surface area contributed by atoms with Gasteiger partial charge in [0.2, 0.25) is 5.91 Å². The second-order valence-electron chi connectivity index (χ2n) is 9.69. The summed E-state index contributed by atoms with van der Waals surface area (Å²) in [4.78, 5) is 42.8. The van der Waals surface area contributed by atoms with Gasteiger partial charge in [-0.05, 0) is 38.2 Å². The Hall–Kier alpha value is -3.44. The van der Waals surface area contributed by atoms with Crippen LogP contribution in [0.1, 0.15) is 29.9 Å². The number of benzene rings is 2. The first-order chi connectivity index (χ1) is 19.0. The maximum absolute atomic E-state index is 13.4. The lowest BCUT2D eigenvalue weighted by atomic mass is 9.78. The SMILES string of the molecule is CN(C)C1CCN(C(=O)CC2=C(C(=O)O)C(c3c(Cl)cccc3Cl)C(C(=O)O)=C(C(=S=O)c3ccccc3)N2)C1. The summed E-state index contributed by atoms with van der Waals surface area (Å²) >= 11 is 13.1. The van der Waals surface area contributed by atoms with Gasteiger partial charge in [-0.25, -0.2) is 13.8 Å². The van der Waals surface area contributed by atoms with E-state index in [0.29, 0.717) is 18.7 Å². The molecule has 1 fully saturated rings. The molecule has 0 aliphatic carbocycles. The maximum Gasteiger partial charge on any atom is 0.334 e. The third kappa shape index (κ3) is 5.85. The molecule has 2 aromatic rings. The van der Waals surface area contributed by atoms with Crippen molar-refractivity contribution in [2.24, 2.45) is 0 Å². The van der Waals surface area contributed by atoms with E-state index in [1.807, 2.05) is 19.0 Å². The number of aliphatic carboxylic acids is 2. The van der Waals surface area contributed by atoms with Crippen LogP contribution in [0.5, 0.6) is 0 Å². The van der Waals surface area contributed by atoms with Crippen LogP contribution in [0.2, 0.25) is 10.0 Å². The number of likely N-dealkylation sites (tertiary alicyclic amines) is 1. The molecule has 2 aliphatic heterocycles. The number of allylic oxidation sites excluding steroid dienone is 1. The van der Waals surface area contributed by atoms with Crippen molar-refractivity contribution in [3.8, 4) is 0 Å². The predicted molar refractivity (Wildman–Crippen MR) is 154 cm³/mol. The highest BCUT2D eigenvalue weighted by molar-refractivity contribution is 7.67. The van der Waals surface area contributed by atoms with Gasteiger partial charge in [0, 0.05) is 40.4 Å². The molecule has 12 heteroatoms. The zero-order valence-corrected chi connectivity index (χ0v) is 24.0. The van der Waals surface area contributed by atoms with Gasteiger partial charge in [-0.1, -0.05) is 59.6 Å². The Labute approximate surface area is 244 Å². The fraction of sp³-hybridized carbons (Fsp3) is 0.286. The van der Waals surface area contributed by atoms with Gasteiger partial charge in [-0.15, -0.1) is 0 Å². The van der Waals surface area contributed by atoms with E-state index in [1.165, 1.54) is 12.1 Å². The topological polar surface area (TPSA) is 127 Å². The monoisotopic (exact) mass is 603 g/mol. The number of carbonyl (C=O) groups is 3. The Balaban J connectivity index is 1.93. The van der Waals surface area contributed by atoms with Crippen molar-refractivity contribution in [1.82, 2.24) is 15.1 Å². The van der Waals surface area contributed by atoms with Gasteiger partial charge in [0.25, 0.3) is 0 Å². The minimum atomic E-state index is -1.48. The summed E-state index contributed by atoms with van der Waals surface area (Å²) < 4.78 is 12.5. The predicted octanol–water partition coefficient (Wildman–Crippen LogP) is 3.34. The van der Waals surface area contributed by atoms with Gasteiger partial charge >= 0.3 is 11.9 Å². The van der Waals surface area contributed by atoms with Crippen LogP contribution in [0.3, 0.4) is 0 Å². The highest BCUT2D eigenvalue weighted by Gasteiger charge is 2.42. The van der Waals surface area contributed by atoms with Crippen LogP contribution < -0.4 is 5.32 Å². The first-order valence-electron chi connectivity index (χ1n) is 12.4. The number of nitrogens with zero attached hydrogens (tertiary/aromatic N) is 2. The molecule has 0 spiro atoms. The lowest BCUT2D eigenvalue weighted by Crippen LogP contribution is -2.39. The van der Waals surface area contributed by atoms with Crippen molar-refractivity contribution < 1.29 is 28.8 Å². The van der Waals surface area contributed by atoms with Crippen LogP contribution in [0.25, 0.3) is 0 Å². The molecule has 2 heterocycles. The van der Waals surface area contributed by atoms with Crippen LogP contribution in [-0.2, 0) is 25.6 Å². The molecule has 0 aromatic heterocycles. The van der Waals surface area contributed by atoms with Gasteiger partial charge in [-0.3, -0.25) is 4.79 Å². The number of carbonyl (C=O) groups excluding carboxylic acids is 1. The number of likely N-dealkylation sites (N-methyl/N-ethyl adjacent to an activating group) is 1. The van der Waals surface area contributed by atoms with Crippen molar-refractivity contribution in [3.05, 3.63) is 92.2 Å². The van der Waals surface area contributed by atoms with Crippen LogP contribution in [0.4, 0.5) is 0 Å². The molecule has 3 N–H and O–H groups in total. The first kappa shape index (κ1) is 29.5. The molecular weight excluding hydrogens is 577 g/mol. The van der Waals surface area contributed by atoms with Crippen LogP contribution in [0.15, 0.2) is 71.1 Å². The number of hydrogen-bond acceptors (Lipinski definition) is 6. The highest BCUT2D eigenvalue weighted by atomic mass is 35.5. The highest BCUT2D eigenvalue weighted by Crippen LogP contribution is 2.45. The summed E-state index contributed by atoms with van der Waals surface area (Å²) in [6.45, 7) is 0.972. The number of carboxylic acid groups (broad SMARTS) is 2. The zero-order chi connectivity index (χ0) is 29.1. The third-order valence-corrected chi connectivity index (χ3v) is 8.38. The summed E-state index contributed by atoms with van der Waals surface area (Å²) in [6, 6.07) is 13.1. The van der Waals surface area contributed by atoms with Crippen molar-refractivity contribution in [2.45, 2.75) is 24.8 Å². The van der Waals surface area contributed by atoms with Gasteiger partial charge < -0.3 is 25.3 Å². The maximum atomic E-state index is 13.4. The number of rotatable bonds is 8. The van der Waals surface area contributed by atoms with Crippen LogP contribution >= 0.6 is 23.2 Å². The van der Waals surface area contributed by atoms with Crippen molar-refractivity contribution in [2.75, 3.05) is 27.2 Å². The first-order valence-corrected chi connectivity index (χ1v) is 13.9. The Morgan fingerprint density at radius 3 is 2.15 bits per heavy atom. The number of carboxylic acids is 2. The average molecular weight is 605 g/mol. The van der Waals surface area contributed by atoms with Gasteiger partial charge in [0.05, 0.1) is 45.3 Å². The van der Waals surface area contributed by atoms with Gasteiger partial charge in [0.15, 0.2) is 0 Å². The fourth-order valence-corrected chi connectivity index (χ4v) is 6.19. The molecule has 9 nitrogen and oxygen atoms in total. The van der Waals surface area contributed by atoms with Crippen molar-refractivity contribution >= 4 is 57.2 Å². The van der Waals surface area contributed by atoms with E-state index in [9.17, 15) is 28.8 Å². The van der Waals surface area contributed by atoms with E-state index in [0.717, 1.165) is 6.42 Å². The molecule has 1 saturated heterocycles. The largest absolute Gasteiger partial charge is 0.478 e. The molecule has 0 radical (unpaired) electrons. The number of nitrogens with one attached hydrogen (secondary N) is 1. The van der Waals surface area contributed by atoms with Crippen LogP contribution in [-0.4, -0.2) is 80.2 Å². The summed E-state index contributed by atoms with van der Waals surface area (Å²) in [5, 5.41) is 23.8. The summed E-state index contributed by atoms with van der Waals surface area (Å²) in [5.41, 5.74) is -0.461. The van der Waals surface area contributed by atoms with Crippen molar-refractivity contribution in [1.29, 1.82) is 0 Å². The smallest absolute Gasteiger partial charge is 0.334 e. The Morgan fingerprint density at radius 1 is 1.00 bits per heavy atom. The molecule has 0 saturated carbocycles. The lowest BCUT2D eigenvalue weighted by Gasteiger charge is -2.32. The molecule has 1 amide bonds. The van der Waals surface area contributed by atoms with Crippen molar-refractivity contribution in [3.63, 3.8) is 0 Å². The molecule has 0 bridgehead atoms. The summed E-state index contributed by atoms with van der Waals surface area (Å²) in [7, 11) is 3.85. The number of dihydropyridines is 1. The average Bonchev–Trinajstić information content (AvgIpc) is 3.40. The minimum Gasteiger partial charge on any atom is -0.478 e. The molecular formula is C28H27Cl2N3O6S. The normalized spacial score (nSPS) is 19.1. The number of halogens is 2. The minimum absolute atomic E-state index is 0.0226. The van der Waals surface area contributed by atoms with E-state index in [-0.39, 0.29) is 67.1 Å².